The molecular weight excluding hydrogens is 182 g/mol. The van der Waals surface area contributed by atoms with Gasteiger partial charge in [-0.05, 0) is 6.92 Å². The third-order valence-corrected chi connectivity index (χ3v) is 3.09. The molecule has 0 aliphatic heterocycles. The number of methoxy groups -OCH3 is 1. The molecule has 0 rings (SSSR count). The summed E-state index contributed by atoms with van der Waals surface area (Å²) in [4.78, 5) is 10.5. The standard InChI is InChI=1S/C6H9NO4S/c1-5(3-7)12(9,10)4-6(8)11-2/h5H,4H2,1-2H3. The Hall–Kier alpha value is -1.09. The van der Waals surface area contributed by atoms with E-state index in [4.69, 9.17) is 5.26 Å². The smallest absolute Gasteiger partial charge is 0.320 e. The van der Waals surface area contributed by atoms with Crippen molar-refractivity contribution in [1.29, 1.82) is 5.26 Å². The topological polar surface area (TPSA) is 84.2 Å². The SMILES string of the molecule is COC(=O)CS(=O)(=O)C(C)C#N. The van der Waals surface area contributed by atoms with Crippen LogP contribution in [0.25, 0.3) is 0 Å². The van der Waals surface area contributed by atoms with Crippen molar-refractivity contribution >= 4 is 15.8 Å². The van der Waals surface area contributed by atoms with Gasteiger partial charge in [0.25, 0.3) is 0 Å². The van der Waals surface area contributed by atoms with E-state index in [0.29, 0.717) is 0 Å². The highest BCUT2D eigenvalue weighted by Crippen LogP contribution is 2.00. The van der Waals surface area contributed by atoms with E-state index < -0.39 is 26.8 Å². The molecule has 0 heterocycles. The van der Waals surface area contributed by atoms with Crippen molar-refractivity contribution in [1.82, 2.24) is 0 Å². The summed E-state index contributed by atoms with van der Waals surface area (Å²) in [5.41, 5.74) is 0. The highest BCUT2D eigenvalue weighted by atomic mass is 32.2. The molecule has 1 atom stereocenters. The van der Waals surface area contributed by atoms with Gasteiger partial charge in [0.15, 0.2) is 9.84 Å². The van der Waals surface area contributed by atoms with Crippen molar-refractivity contribution in [2.24, 2.45) is 0 Å². The first kappa shape index (κ1) is 10.9. The zero-order chi connectivity index (χ0) is 9.78. The van der Waals surface area contributed by atoms with Crippen LogP contribution in [0, 0.1) is 11.3 Å². The van der Waals surface area contributed by atoms with Crippen LogP contribution in [0.15, 0.2) is 0 Å². The Bertz CT molecular complexity index is 300. The van der Waals surface area contributed by atoms with Gasteiger partial charge in [-0.2, -0.15) is 5.26 Å². The van der Waals surface area contributed by atoms with Crippen molar-refractivity contribution in [3.8, 4) is 6.07 Å². The molecule has 0 bridgehead atoms. The predicted octanol–water partition coefficient (Wildman–Crippen LogP) is -0.514. The van der Waals surface area contributed by atoms with Crippen LogP contribution < -0.4 is 0 Å². The van der Waals surface area contributed by atoms with Crippen LogP contribution in [0.1, 0.15) is 6.92 Å². The Morgan fingerprint density at radius 2 is 2.17 bits per heavy atom. The Labute approximate surface area is 70.9 Å². The van der Waals surface area contributed by atoms with Gasteiger partial charge in [-0.15, -0.1) is 0 Å². The van der Waals surface area contributed by atoms with E-state index in [2.05, 4.69) is 4.74 Å². The fraction of sp³-hybridized carbons (Fsp3) is 0.667. The molecule has 68 valence electrons. The number of hydrogen-bond donors (Lipinski definition) is 0. The summed E-state index contributed by atoms with van der Waals surface area (Å²) < 4.78 is 26.2. The summed E-state index contributed by atoms with van der Waals surface area (Å²) in [6.07, 6.45) is 0. The molecule has 1 unspecified atom stereocenters. The summed E-state index contributed by atoms with van der Waals surface area (Å²) >= 11 is 0. The van der Waals surface area contributed by atoms with Gasteiger partial charge in [-0.3, -0.25) is 4.79 Å². The van der Waals surface area contributed by atoms with E-state index in [-0.39, 0.29) is 0 Å². The van der Waals surface area contributed by atoms with E-state index >= 15 is 0 Å². The lowest BCUT2D eigenvalue weighted by Crippen LogP contribution is -2.25. The summed E-state index contributed by atoms with van der Waals surface area (Å²) in [6.45, 7) is 1.22. The fourth-order valence-corrected chi connectivity index (χ4v) is 1.29. The summed E-state index contributed by atoms with van der Waals surface area (Å²) in [7, 11) is -2.57. The van der Waals surface area contributed by atoms with Crippen LogP contribution in [-0.4, -0.2) is 32.5 Å². The van der Waals surface area contributed by atoms with E-state index in [1.165, 1.54) is 13.0 Å². The van der Waals surface area contributed by atoms with Crippen molar-refractivity contribution < 1.29 is 17.9 Å². The normalized spacial score (nSPS) is 13.1. The Kier molecular flexibility index (Phi) is 3.70. The lowest BCUT2D eigenvalue weighted by atomic mass is 10.5. The molecule has 6 heteroatoms. The van der Waals surface area contributed by atoms with Crippen LogP contribution in [0.2, 0.25) is 0 Å². The summed E-state index contributed by atoms with van der Waals surface area (Å²) in [6, 6.07) is 1.54. The highest BCUT2D eigenvalue weighted by molar-refractivity contribution is 7.92. The quantitative estimate of drug-likeness (QED) is 0.561. The molecule has 5 nitrogen and oxygen atoms in total. The Morgan fingerprint density at radius 1 is 1.67 bits per heavy atom. The van der Waals surface area contributed by atoms with Crippen LogP contribution in [0.3, 0.4) is 0 Å². The number of carbonyl (C=O) groups excluding carboxylic acids is 1. The number of sulfone groups is 1. The van der Waals surface area contributed by atoms with E-state index in [0.717, 1.165) is 7.11 Å². The Morgan fingerprint density at radius 3 is 2.50 bits per heavy atom. The third-order valence-electron chi connectivity index (χ3n) is 1.27. The van der Waals surface area contributed by atoms with Gasteiger partial charge in [0.1, 0.15) is 11.0 Å². The summed E-state index contributed by atoms with van der Waals surface area (Å²) in [5.74, 6) is -1.59. The van der Waals surface area contributed by atoms with Crippen molar-refractivity contribution in [3.63, 3.8) is 0 Å². The molecule has 0 aromatic carbocycles. The third kappa shape index (κ3) is 2.88. The average Bonchev–Trinajstić information content (AvgIpc) is 2.02. The molecule has 0 aromatic rings. The molecule has 0 aromatic heterocycles. The largest absolute Gasteiger partial charge is 0.468 e. The second-order valence-electron chi connectivity index (χ2n) is 2.15. The molecule has 0 amide bonds. The monoisotopic (exact) mass is 191 g/mol. The molecule has 0 fully saturated rings. The molecule has 0 aliphatic rings. The molecular formula is C6H9NO4S. The maximum Gasteiger partial charge on any atom is 0.320 e. The number of carbonyl (C=O) groups is 1. The lowest BCUT2D eigenvalue weighted by Gasteiger charge is -2.02. The second-order valence-corrected chi connectivity index (χ2v) is 4.48. The van der Waals surface area contributed by atoms with Crippen LogP contribution in [0.4, 0.5) is 0 Å². The maximum atomic E-state index is 11.0. The lowest BCUT2D eigenvalue weighted by molar-refractivity contribution is -0.137. The van der Waals surface area contributed by atoms with E-state index in [1.807, 2.05) is 0 Å². The van der Waals surface area contributed by atoms with E-state index in [1.54, 1.807) is 0 Å². The highest BCUT2D eigenvalue weighted by Gasteiger charge is 2.24. The second kappa shape index (κ2) is 4.07. The zero-order valence-corrected chi connectivity index (χ0v) is 7.59. The minimum absolute atomic E-state index is 0.738. The van der Waals surface area contributed by atoms with Gasteiger partial charge in [0, 0.05) is 0 Å². The first-order chi connectivity index (χ1) is 5.44. The number of esters is 1. The zero-order valence-electron chi connectivity index (χ0n) is 6.77. The van der Waals surface area contributed by atoms with Gasteiger partial charge in [-0.25, -0.2) is 8.42 Å². The number of nitriles is 1. The molecule has 0 aliphatic carbocycles. The van der Waals surface area contributed by atoms with Gasteiger partial charge >= 0.3 is 5.97 Å². The molecule has 0 saturated carbocycles. The first-order valence-electron chi connectivity index (χ1n) is 3.12. The van der Waals surface area contributed by atoms with Crippen molar-refractivity contribution in [2.75, 3.05) is 12.9 Å². The maximum absolute atomic E-state index is 11.0. The van der Waals surface area contributed by atoms with Crippen LogP contribution >= 0.6 is 0 Å². The molecule has 0 spiro atoms. The molecule has 0 N–H and O–H groups in total. The van der Waals surface area contributed by atoms with Crippen molar-refractivity contribution in [3.05, 3.63) is 0 Å². The number of ether oxygens (including phenoxy) is 1. The minimum atomic E-state index is -3.66. The van der Waals surface area contributed by atoms with Gasteiger partial charge in [0.05, 0.1) is 13.2 Å². The van der Waals surface area contributed by atoms with E-state index in [9.17, 15) is 13.2 Å². The first-order valence-corrected chi connectivity index (χ1v) is 4.83. The summed E-state index contributed by atoms with van der Waals surface area (Å²) in [5, 5.41) is 7.10. The predicted molar refractivity (Wildman–Crippen MR) is 40.9 cm³/mol. The minimum Gasteiger partial charge on any atom is -0.468 e. The molecule has 0 radical (unpaired) electrons. The van der Waals surface area contributed by atoms with Crippen LogP contribution in [0.5, 0.6) is 0 Å². The molecule has 0 saturated heterocycles. The van der Waals surface area contributed by atoms with Gasteiger partial charge in [-0.1, -0.05) is 0 Å². The number of nitrogens with zero attached hydrogens (tertiary/aromatic N) is 1. The fourth-order valence-electron chi connectivity index (χ4n) is 0.428. The van der Waals surface area contributed by atoms with Gasteiger partial charge in [0.2, 0.25) is 0 Å². The molecule has 12 heavy (non-hydrogen) atoms. The Balaban J connectivity index is 4.47. The number of hydrogen-bond acceptors (Lipinski definition) is 5. The van der Waals surface area contributed by atoms with Gasteiger partial charge < -0.3 is 4.74 Å². The number of rotatable bonds is 3. The average molecular weight is 191 g/mol. The van der Waals surface area contributed by atoms with Crippen molar-refractivity contribution in [2.45, 2.75) is 12.2 Å². The van der Waals surface area contributed by atoms with Crippen LogP contribution in [-0.2, 0) is 19.4 Å².